The van der Waals surface area contributed by atoms with Gasteiger partial charge in [-0.1, -0.05) is 48.4 Å². The zero-order valence-electron chi connectivity index (χ0n) is 20.1. The maximum absolute atomic E-state index is 13.2. The fourth-order valence-electron chi connectivity index (χ4n) is 3.51. The Morgan fingerprint density at radius 1 is 1.06 bits per heavy atom. The molecular formula is C26H36N2O3S. The molecule has 0 unspecified atom stereocenters. The average Bonchev–Trinajstić information content (AvgIpc) is 2.76. The van der Waals surface area contributed by atoms with E-state index in [0.29, 0.717) is 12.3 Å². The minimum absolute atomic E-state index is 0.0472. The van der Waals surface area contributed by atoms with Gasteiger partial charge in [0, 0.05) is 18.3 Å². The number of ether oxygens (including phenoxy) is 1. The van der Waals surface area contributed by atoms with E-state index < -0.39 is 6.04 Å². The van der Waals surface area contributed by atoms with E-state index in [1.807, 2.05) is 38.1 Å². The Morgan fingerprint density at radius 3 is 2.38 bits per heavy atom. The van der Waals surface area contributed by atoms with Crippen molar-refractivity contribution >= 4 is 23.6 Å². The number of methoxy groups -OCH3 is 1. The third kappa shape index (κ3) is 7.90. The van der Waals surface area contributed by atoms with Gasteiger partial charge in [-0.25, -0.2) is 0 Å². The summed E-state index contributed by atoms with van der Waals surface area (Å²) in [6.45, 7) is 10.3. The Hall–Kier alpha value is -2.47. The molecule has 0 saturated heterocycles. The summed E-state index contributed by atoms with van der Waals surface area (Å²) in [5.41, 5.74) is 4.59. The molecule has 0 aliphatic carbocycles. The third-order valence-electron chi connectivity index (χ3n) is 5.43. The average molecular weight is 457 g/mol. The van der Waals surface area contributed by atoms with E-state index in [1.54, 1.807) is 30.7 Å². The van der Waals surface area contributed by atoms with Gasteiger partial charge in [-0.15, -0.1) is 11.8 Å². The first-order valence-corrected chi connectivity index (χ1v) is 12.3. The van der Waals surface area contributed by atoms with Gasteiger partial charge in [-0.2, -0.15) is 0 Å². The topological polar surface area (TPSA) is 58.6 Å². The molecule has 2 amide bonds. The SMILES string of the molecule is CC[C@@H](C)NC(=O)[C@@H](C)N(Cc1cccc(OC)c1)C(=O)CSCc1cc(C)cc(C)c1. The number of nitrogens with one attached hydrogen (secondary N) is 1. The second-order valence-corrected chi connectivity index (χ2v) is 9.34. The first-order valence-electron chi connectivity index (χ1n) is 11.1. The van der Waals surface area contributed by atoms with E-state index in [2.05, 4.69) is 37.4 Å². The predicted octanol–water partition coefficient (Wildman–Crippen LogP) is 4.88. The monoisotopic (exact) mass is 456 g/mol. The minimum atomic E-state index is -0.565. The van der Waals surface area contributed by atoms with E-state index in [0.717, 1.165) is 23.5 Å². The van der Waals surface area contributed by atoms with Crippen molar-refractivity contribution in [1.29, 1.82) is 0 Å². The molecule has 2 atom stereocenters. The Labute approximate surface area is 196 Å². The summed E-state index contributed by atoms with van der Waals surface area (Å²) < 4.78 is 5.32. The lowest BCUT2D eigenvalue weighted by molar-refractivity contribution is -0.138. The molecule has 2 aromatic carbocycles. The maximum Gasteiger partial charge on any atom is 0.242 e. The zero-order chi connectivity index (χ0) is 23.7. The second kappa shape index (κ2) is 12.5. The van der Waals surface area contributed by atoms with Crippen molar-refractivity contribution in [2.24, 2.45) is 0 Å². The van der Waals surface area contributed by atoms with Crippen LogP contribution in [0.5, 0.6) is 5.75 Å². The lowest BCUT2D eigenvalue weighted by atomic mass is 10.1. The molecule has 0 fully saturated rings. The lowest BCUT2D eigenvalue weighted by Gasteiger charge is -2.29. The third-order valence-corrected chi connectivity index (χ3v) is 6.42. The van der Waals surface area contributed by atoms with E-state index in [1.165, 1.54) is 16.7 Å². The van der Waals surface area contributed by atoms with Crippen LogP contribution in [0.2, 0.25) is 0 Å². The van der Waals surface area contributed by atoms with Gasteiger partial charge in [0.1, 0.15) is 11.8 Å². The van der Waals surface area contributed by atoms with Crippen LogP contribution >= 0.6 is 11.8 Å². The highest BCUT2D eigenvalue weighted by Gasteiger charge is 2.26. The van der Waals surface area contributed by atoms with E-state index in [4.69, 9.17) is 4.74 Å². The van der Waals surface area contributed by atoms with Crippen molar-refractivity contribution in [2.75, 3.05) is 12.9 Å². The second-order valence-electron chi connectivity index (χ2n) is 8.36. The molecule has 0 aliphatic rings. The van der Waals surface area contributed by atoms with Crippen LogP contribution in [0.15, 0.2) is 42.5 Å². The van der Waals surface area contributed by atoms with E-state index in [-0.39, 0.29) is 17.9 Å². The molecule has 2 aromatic rings. The minimum Gasteiger partial charge on any atom is -0.497 e. The summed E-state index contributed by atoms with van der Waals surface area (Å²) in [6, 6.07) is 13.6. The van der Waals surface area contributed by atoms with Crippen molar-refractivity contribution in [2.45, 2.75) is 65.4 Å². The van der Waals surface area contributed by atoms with Crippen LogP contribution in [0.25, 0.3) is 0 Å². The molecule has 0 aliphatic heterocycles. The molecule has 0 spiro atoms. The van der Waals surface area contributed by atoms with Crippen LogP contribution in [-0.4, -0.2) is 41.7 Å². The molecule has 0 saturated carbocycles. The summed E-state index contributed by atoms with van der Waals surface area (Å²) >= 11 is 1.58. The molecule has 6 heteroatoms. The van der Waals surface area contributed by atoms with Crippen LogP contribution in [-0.2, 0) is 21.9 Å². The molecule has 32 heavy (non-hydrogen) atoms. The van der Waals surface area contributed by atoms with Crippen LogP contribution in [0.3, 0.4) is 0 Å². The van der Waals surface area contributed by atoms with Gasteiger partial charge >= 0.3 is 0 Å². The van der Waals surface area contributed by atoms with Gasteiger partial charge in [-0.3, -0.25) is 9.59 Å². The summed E-state index contributed by atoms with van der Waals surface area (Å²) in [4.78, 5) is 27.7. The van der Waals surface area contributed by atoms with Gasteiger partial charge in [-0.05, 0) is 57.4 Å². The molecule has 2 rings (SSSR count). The number of rotatable bonds is 11. The standard InChI is InChI=1S/C26H36N2O3S/c1-7-20(4)27-26(30)21(5)28(15-22-9-8-10-24(14-22)31-6)25(29)17-32-16-23-12-18(2)11-19(3)13-23/h8-14,20-21H,7,15-17H2,1-6H3,(H,27,30)/t20-,21-/m1/s1. The number of hydrogen-bond acceptors (Lipinski definition) is 4. The first kappa shape index (κ1) is 25.8. The normalized spacial score (nSPS) is 12.7. The Balaban J connectivity index is 2.12. The summed E-state index contributed by atoms with van der Waals surface area (Å²) in [6.07, 6.45) is 0.841. The Morgan fingerprint density at radius 2 is 1.75 bits per heavy atom. The van der Waals surface area contributed by atoms with Gasteiger partial charge in [0.2, 0.25) is 11.8 Å². The fourth-order valence-corrected chi connectivity index (χ4v) is 4.35. The van der Waals surface area contributed by atoms with E-state index in [9.17, 15) is 9.59 Å². The van der Waals surface area contributed by atoms with Crippen LogP contribution in [0.4, 0.5) is 0 Å². The number of amides is 2. The largest absolute Gasteiger partial charge is 0.497 e. The Kier molecular flexibility index (Phi) is 10.1. The molecular weight excluding hydrogens is 420 g/mol. The number of aryl methyl sites for hydroxylation is 2. The predicted molar refractivity (Wildman–Crippen MR) is 133 cm³/mol. The molecule has 0 radical (unpaired) electrons. The highest BCUT2D eigenvalue weighted by Crippen LogP contribution is 2.20. The van der Waals surface area contributed by atoms with Crippen molar-refractivity contribution in [3.8, 4) is 5.75 Å². The van der Waals surface area contributed by atoms with Crippen molar-refractivity contribution < 1.29 is 14.3 Å². The summed E-state index contributed by atoms with van der Waals surface area (Å²) in [5, 5.41) is 3.00. The number of thioether (sulfide) groups is 1. The van der Waals surface area contributed by atoms with Gasteiger partial charge in [0.05, 0.1) is 12.9 Å². The van der Waals surface area contributed by atoms with Crippen LogP contribution in [0.1, 0.15) is 49.4 Å². The van der Waals surface area contributed by atoms with Crippen LogP contribution in [0, 0.1) is 13.8 Å². The molecule has 0 bridgehead atoms. The quantitative estimate of drug-likeness (QED) is 0.524. The first-order chi connectivity index (χ1) is 15.2. The van der Waals surface area contributed by atoms with Gasteiger partial charge in [0.25, 0.3) is 0 Å². The maximum atomic E-state index is 13.2. The number of carbonyl (C=O) groups excluding carboxylic acids is 2. The smallest absolute Gasteiger partial charge is 0.242 e. The summed E-state index contributed by atoms with van der Waals surface area (Å²) in [7, 11) is 1.62. The van der Waals surface area contributed by atoms with Gasteiger partial charge in [0.15, 0.2) is 0 Å². The van der Waals surface area contributed by atoms with E-state index >= 15 is 0 Å². The van der Waals surface area contributed by atoms with Crippen molar-refractivity contribution in [3.05, 3.63) is 64.7 Å². The fraction of sp³-hybridized carbons (Fsp3) is 0.462. The molecule has 0 heterocycles. The zero-order valence-corrected chi connectivity index (χ0v) is 20.9. The number of hydrogen-bond donors (Lipinski definition) is 1. The highest BCUT2D eigenvalue weighted by molar-refractivity contribution is 7.99. The number of carbonyl (C=O) groups is 2. The number of benzene rings is 2. The van der Waals surface area contributed by atoms with Crippen molar-refractivity contribution in [3.63, 3.8) is 0 Å². The molecule has 174 valence electrons. The summed E-state index contributed by atoms with van der Waals surface area (Å²) in [5.74, 6) is 1.63. The van der Waals surface area contributed by atoms with Gasteiger partial charge < -0.3 is 15.0 Å². The molecule has 1 N–H and O–H groups in total. The molecule has 5 nitrogen and oxygen atoms in total. The van der Waals surface area contributed by atoms with Crippen molar-refractivity contribution in [1.82, 2.24) is 10.2 Å². The van der Waals surface area contributed by atoms with Crippen LogP contribution < -0.4 is 10.1 Å². The Bertz CT molecular complexity index is 895. The molecule has 0 aromatic heterocycles. The highest BCUT2D eigenvalue weighted by atomic mass is 32.2. The lowest BCUT2D eigenvalue weighted by Crippen LogP contribution is -2.50. The number of nitrogens with zero attached hydrogens (tertiary/aromatic N) is 1.